The summed E-state index contributed by atoms with van der Waals surface area (Å²) in [7, 11) is 0. The summed E-state index contributed by atoms with van der Waals surface area (Å²) in [6.45, 7) is 3.14. The van der Waals surface area contributed by atoms with Crippen LogP contribution >= 0.6 is 0 Å². The number of piperidine rings is 1. The van der Waals surface area contributed by atoms with Crippen LogP contribution in [0.5, 0.6) is 0 Å². The van der Waals surface area contributed by atoms with Gasteiger partial charge in [-0.2, -0.15) is 0 Å². The fraction of sp³-hybridized carbons (Fsp3) is 0.867. The first-order chi connectivity index (χ1) is 9.69. The Labute approximate surface area is 119 Å². The molecule has 1 aliphatic carbocycles. The van der Waals surface area contributed by atoms with Crippen molar-refractivity contribution in [1.29, 1.82) is 0 Å². The molecular formula is C15H24N2O3. The number of aliphatic hydroxyl groups excluding tert-OH is 1. The standard InChI is InChI=1S/C15H24N2O3/c18-10-11-3-6-17(9-11)15(20)13-4-7-16(8-5-13)14(19)12-1-2-12/h11-13,18H,1-10H2. The summed E-state index contributed by atoms with van der Waals surface area (Å²) < 4.78 is 0. The van der Waals surface area contributed by atoms with Crippen molar-refractivity contribution in [3.05, 3.63) is 0 Å². The van der Waals surface area contributed by atoms with Crippen LogP contribution in [0.3, 0.4) is 0 Å². The average Bonchev–Trinajstić information content (AvgIpc) is 3.23. The highest BCUT2D eigenvalue weighted by Crippen LogP contribution is 2.33. The third kappa shape index (κ3) is 2.82. The van der Waals surface area contributed by atoms with Crippen molar-refractivity contribution >= 4 is 11.8 Å². The van der Waals surface area contributed by atoms with E-state index in [2.05, 4.69) is 0 Å². The Morgan fingerprint density at radius 2 is 1.40 bits per heavy atom. The summed E-state index contributed by atoms with van der Waals surface area (Å²) >= 11 is 0. The molecule has 0 aromatic carbocycles. The number of aliphatic hydroxyl groups is 1. The largest absolute Gasteiger partial charge is 0.396 e. The minimum atomic E-state index is 0.0793. The van der Waals surface area contributed by atoms with Gasteiger partial charge in [-0.15, -0.1) is 0 Å². The third-order valence-corrected chi connectivity index (χ3v) is 4.94. The Kier molecular flexibility index (Phi) is 3.96. The number of nitrogens with zero attached hydrogens (tertiary/aromatic N) is 2. The highest BCUT2D eigenvalue weighted by molar-refractivity contribution is 5.82. The van der Waals surface area contributed by atoms with Gasteiger partial charge in [0.2, 0.25) is 11.8 Å². The third-order valence-electron chi connectivity index (χ3n) is 4.94. The number of hydrogen-bond acceptors (Lipinski definition) is 3. The van der Waals surface area contributed by atoms with Crippen molar-refractivity contribution in [3.63, 3.8) is 0 Å². The molecule has 2 aliphatic heterocycles. The summed E-state index contributed by atoms with van der Waals surface area (Å²) in [6.07, 6.45) is 4.62. The van der Waals surface area contributed by atoms with Crippen LogP contribution in [-0.2, 0) is 9.59 Å². The first-order valence-electron chi connectivity index (χ1n) is 7.87. The normalized spacial score (nSPS) is 27.9. The molecule has 0 aromatic heterocycles. The molecule has 5 heteroatoms. The van der Waals surface area contributed by atoms with Crippen LogP contribution in [0.15, 0.2) is 0 Å². The van der Waals surface area contributed by atoms with Crippen LogP contribution < -0.4 is 0 Å². The predicted molar refractivity (Wildman–Crippen MR) is 73.8 cm³/mol. The molecule has 0 aromatic rings. The molecule has 3 aliphatic rings. The Bertz CT molecular complexity index is 387. The zero-order valence-corrected chi connectivity index (χ0v) is 12.0. The molecule has 0 radical (unpaired) electrons. The summed E-state index contributed by atoms with van der Waals surface area (Å²) in [4.78, 5) is 28.3. The Morgan fingerprint density at radius 1 is 0.850 bits per heavy atom. The highest BCUT2D eigenvalue weighted by Gasteiger charge is 2.37. The molecule has 3 fully saturated rings. The lowest BCUT2D eigenvalue weighted by Crippen LogP contribution is -2.44. The van der Waals surface area contributed by atoms with Crippen LogP contribution in [0.1, 0.15) is 32.1 Å². The van der Waals surface area contributed by atoms with Gasteiger partial charge in [-0.05, 0) is 32.1 Å². The van der Waals surface area contributed by atoms with E-state index in [9.17, 15) is 9.59 Å². The number of carbonyl (C=O) groups is 2. The maximum Gasteiger partial charge on any atom is 0.225 e. The molecule has 0 spiro atoms. The molecule has 1 N–H and O–H groups in total. The maximum absolute atomic E-state index is 12.4. The van der Waals surface area contributed by atoms with Gasteiger partial charge >= 0.3 is 0 Å². The van der Waals surface area contributed by atoms with Crippen LogP contribution in [0.4, 0.5) is 0 Å². The van der Waals surface area contributed by atoms with E-state index in [0.29, 0.717) is 12.5 Å². The molecule has 5 nitrogen and oxygen atoms in total. The van der Waals surface area contributed by atoms with Crippen LogP contribution in [-0.4, -0.2) is 59.5 Å². The molecule has 2 saturated heterocycles. The van der Waals surface area contributed by atoms with Gasteiger partial charge in [0.05, 0.1) is 0 Å². The minimum absolute atomic E-state index is 0.0793. The average molecular weight is 280 g/mol. The molecule has 0 bridgehead atoms. The smallest absolute Gasteiger partial charge is 0.225 e. The van der Waals surface area contributed by atoms with Crippen LogP contribution in [0.2, 0.25) is 0 Å². The molecule has 2 amide bonds. The van der Waals surface area contributed by atoms with E-state index < -0.39 is 0 Å². The molecule has 20 heavy (non-hydrogen) atoms. The van der Waals surface area contributed by atoms with E-state index in [4.69, 9.17) is 5.11 Å². The number of likely N-dealkylation sites (tertiary alicyclic amines) is 2. The minimum Gasteiger partial charge on any atom is -0.396 e. The van der Waals surface area contributed by atoms with E-state index in [1.54, 1.807) is 0 Å². The molecule has 3 rings (SSSR count). The van der Waals surface area contributed by atoms with Crippen LogP contribution in [0.25, 0.3) is 0 Å². The summed E-state index contributed by atoms with van der Waals surface area (Å²) in [5.74, 6) is 1.16. The van der Waals surface area contributed by atoms with Gasteiger partial charge in [-0.25, -0.2) is 0 Å². The van der Waals surface area contributed by atoms with Gasteiger partial charge < -0.3 is 14.9 Å². The first-order valence-corrected chi connectivity index (χ1v) is 7.87. The fourth-order valence-electron chi connectivity index (χ4n) is 3.38. The molecular weight excluding hydrogens is 256 g/mol. The SMILES string of the molecule is O=C(C1CC1)N1CCC(C(=O)N2CCC(CO)C2)CC1. The van der Waals surface area contributed by atoms with E-state index in [1.807, 2.05) is 9.80 Å². The second-order valence-electron chi connectivity index (χ2n) is 6.50. The maximum atomic E-state index is 12.4. The van der Waals surface area contributed by atoms with Crippen molar-refractivity contribution in [2.24, 2.45) is 17.8 Å². The molecule has 112 valence electrons. The van der Waals surface area contributed by atoms with Gasteiger partial charge in [-0.1, -0.05) is 0 Å². The summed E-state index contributed by atoms with van der Waals surface area (Å²) in [5.41, 5.74) is 0. The zero-order valence-electron chi connectivity index (χ0n) is 12.0. The lowest BCUT2D eigenvalue weighted by atomic mass is 9.95. The van der Waals surface area contributed by atoms with E-state index >= 15 is 0 Å². The molecule has 1 saturated carbocycles. The van der Waals surface area contributed by atoms with Crippen molar-refractivity contribution in [3.8, 4) is 0 Å². The first kappa shape index (κ1) is 13.9. The van der Waals surface area contributed by atoms with Crippen LogP contribution in [0, 0.1) is 17.8 Å². The van der Waals surface area contributed by atoms with E-state index in [0.717, 1.165) is 51.7 Å². The Morgan fingerprint density at radius 3 is 1.95 bits per heavy atom. The van der Waals surface area contributed by atoms with Crippen molar-refractivity contribution < 1.29 is 14.7 Å². The van der Waals surface area contributed by atoms with Gasteiger partial charge in [0.1, 0.15) is 0 Å². The Hall–Kier alpha value is -1.10. The Balaban J connectivity index is 1.48. The topological polar surface area (TPSA) is 60.9 Å². The predicted octanol–water partition coefficient (Wildman–Crippen LogP) is 0.476. The van der Waals surface area contributed by atoms with Gasteiger partial charge in [0.15, 0.2) is 0 Å². The van der Waals surface area contributed by atoms with Crippen molar-refractivity contribution in [1.82, 2.24) is 9.80 Å². The van der Waals surface area contributed by atoms with Gasteiger partial charge in [-0.3, -0.25) is 9.59 Å². The zero-order chi connectivity index (χ0) is 14.1. The number of hydrogen-bond donors (Lipinski definition) is 1. The number of carbonyl (C=O) groups excluding carboxylic acids is 2. The quantitative estimate of drug-likeness (QED) is 0.818. The van der Waals surface area contributed by atoms with E-state index in [1.165, 1.54) is 0 Å². The lowest BCUT2D eigenvalue weighted by molar-refractivity contribution is -0.140. The van der Waals surface area contributed by atoms with Crippen molar-refractivity contribution in [2.45, 2.75) is 32.1 Å². The van der Waals surface area contributed by atoms with Crippen molar-refractivity contribution in [2.75, 3.05) is 32.8 Å². The molecule has 1 unspecified atom stereocenters. The number of amides is 2. The molecule has 2 heterocycles. The molecule has 1 atom stereocenters. The number of rotatable bonds is 3. The van der Waals surface area contributed by atoms with Gasteiger partial charge in [0.25, 0.3) is 0 Å². The fourth-order valence-corrected chi connectivity index (χ4v) is 3.38. The lowest BCUT2D eigenvalue weighted by Gasteiger charge is -2.33. The van der Waals surface area contributed by atoms with Gasteiger partial charge in [0, 0.05) is 50.5 Å². The highest BCUT2D eigenvalue weighted by atomic mass is 16.3. The monoisotopic (exact) mass is 280 g/mol. The second kappa shape index (κ2) is 5.72. The van der Waals surface area contributed by atoms with E-state index in [-0.39, 0.29) is 30.3 Å². The second-order valence-corrected chi connectivity index (χ2v) is 6.50. The summed E-state index contributed by atoms with van der Waals surface area (Å²) in [6, 6.07) is 0. The summed E-state index contributed by atoms with van der Waals surface area (Å²) in [5, 5.41) is 9.15.